The first-order chi connectivity index (χ1) is 11.7. The van der Waals surface area contributed by atoms with Crippen molar-refractivity contribution in [2.24, 2.45) is 5.92 Å². The van der Waals surface area contributed by atoms with Crippen molar-refractivity contribution in [2.45, 2.75) is 13.0 Å². The third-order valence-electron chi connectivity index (χ3n) is 4.53. The van der Waals surface area contributed by atoms with Gasteiger partial charge in [0.2, 0.25) is 0 Å². The van der Waals surface area contributed by atoms with Crippen LogP contribution in [0.1, 0.15) is 6.42 Å². The van der Waals surface area contributed by atoms with Gasteiger partial charge in [-0.15, -0.1) is 0 Å². The topological polar surface area (TPSA) is 51.0 Å². The Bertz CT molecular complexity index is 939. The molecular weight excluding hydrogens is 307 g/mol. The number of hydrogen-bond donors (Lipinski definition) is 0. The van der Waals surface area contributed by atoms with Gasteiger partial charge in [-0.2, -0.15) is 0 Å². The molecule has 6 heteroatoms. The zero-order chi connectivity index (χ0) is 16.5. The van der Waals surface area contributed by atoms with E-state index < -0.39 is 0 Å². The number of anilines is 1. The minimum Gasteiger partial charge on any atom is -0.369 e. The molecule has 1 aliphatic heterocycles. The average Bonchev–Trinajstić information content (AvgIpc) is 3.06. The molecule has 0 aliphatic carbocycles. The monoisotopic (exact) mass is 324 g/mol. The van der Waals surface area contributed by atoms with Crippen LogP contribution in [0.3, 0.4) is 0 Å². The maximum Gasteiger partial charge on any atom is 0.262 e. The van der Waals surface area contributed by atoms with Crippen molar-refractivity contribution in [3.05, 3.63) is 65.1 Å². The van der Waals surface area contributed by atoms with Crippen LogP contribution >= 0.6 is 0 Å². The summed E-state index contributed by atoms with van der Waals surface area (Å²) < 4.78 is 15.6. The third kappa shape index (κ3) is 2.64. The van der Waals surface area contributed by atoms with Crippen molar-refractivity contribution in [3.8, 4) is 0 Å². The van der Waals surface area contributed by atoms with Gasteiger partial charge in [-0.3, -0.25) is 9.36 Å². The summed E-state index contributed by atoms with van der Waals surface area (Å²) in [5.74, 6) is 0.0898. The number of nitrogens with zero attached hydrogens (tertiary/aromatic N) is 4. The molecule has 0 N–H and O–H groups in total. The summed E-state index contributed by atoms with van der Waals surface area (Å²) in [4.78, 5) is 22.9. The lowest BCUT2D eigenvalue weighted by Crippen LogP contribution is -2.27. The SMILES string of the molecule is O=c1c2cccnc2ncn1C[C@H]1CCN(c2ccccc2F)C1. The van der Waals surface area contributed by atoms with E-state index in [4.69, 9.17) is 0 Å². The second kappa shape index (κ2) is 6.03. The van der Waals surface area contributed by atoms with Gasteiger partial charge in [0.15, 0.2) is 5.65 Å². The summed E-state index contributed by atoms with van der Waals surface area (Å²) in [6.07, 6.45) is 4.11. The van der Waals surface area contributed by atoms with Crippen LogP contribution in [0.4, 0.5) is 10.1 Å². The maximum atomic E-state index is 13.9. The summed E-state index contributed by atoms with van der Waals surface area (Å²) >= 11 is 0. The Kier molecular flexibility index (Phi) is 3.72. The molecular formula is C18H17FN4O. The number of para-hydroxylation sites is 1. The lowest BCUT2D eigenvalue weighted by molar-refractivity contribution is 0.473. The van der Waals surface area contributed by atoms with Crippen molar-refractivity contribution in [1.29, 1.82) is 0 Å². The average molecular weight is 324 g/mol. The van der Waals surface area contributed by atoms with Crippen molar-refractivity contribution < 1.29 is 4.39 Å². The summed E-state index contributed by atoms with van der Waals surface area (Å²) in [7, 11) is 0. The highest BCUT2D eigenvalue weighted by atomic mass is 19.1. The van der Waals surface area contributed by atoms with Gasteiger partial charge in [-0.05, 0) is 36.6 Å². The Morgan fingerprint density at radius 3 is 2.92 bits per heavy atom. The van der Waals surface area contributed by atoms with Crippen LogP contribution < -0.4 is 10.5 Å². The van der Waals surface area contributed by atoms with E-state index in [2.05, 4.69) is 9.97 Å². The number of hydrogen-bond acceptors (Lipinski definition) is 4. The molecule has 1 aromatic carbocycles. The number of aromatic nitrogens is 3. The maximum absolute atomic E-state index is 13.9. The van der Waals surface area contributed by atoms with Crippen LogP contribution in [0.25, 0.3) is 11.0 Å². The number of halogens is 1. The highest BCUT2D eigenvalue weighted by Crippen LogP contribution is 2.26. The molecule has 3 heterocycles. The zero-order valence-electron chi connectivity index (χ0n) is 13.1. The first kappa shape index (κ1) is 14.8. The minimum absolute atomic E-state index is 0.0718. The molecule has 1 fully saturated rings. The van der Waals surface area contributed by atoms with Gasteiger partial charge in [0.1, 0.15) is 5.82 Å². The quantitative estimate of drug-likeness (QED) is 0.743. The number of fused-ring (bicyclic) bond motifs is 1. The smallest absolute Gasteiger partial charge is 0.262 e. The van der Waals surface area contributed by atoms with Crippen LogP contribution in [0.2, 0.25) is 0 Å². The lowest BCUT2D eigenvalue weighted by Gasteiger charge is -2.19. The predicted octanol–water partition coefficient (Wildman–Crippen LogP) is 2.46. The third-order valence-corrected chi connectivity index (χ3v) is 4.53. The lowest BCUT2D eigenvalue weighted by atomic mass is 10.1. The van der Waals surface area contributed by atoms with Crippen LogP contribution in [0.15, 0.2) is 53.7 Å². The number of rotatable bonds is 3. The van der Waals surface area contributed by atoms with Crippen LogP contribution in [-0.2, 0) is 6.54 Å². The fourth-order valence-electron chi connectivity index (χ4n) is 3.32. The van der Waals surface area contributed by atoms with Gasteiger partial charge >= 0.3 is 0 Å². The van der Waals surface area contributed by atoms with Gasteiger partial charge in [0.05, 0.1) is 17.4 Å². The highest BCUT2D eigenvalue weighted by molar-refractivity contribution is 5.72. The molecule has 5 nitrogen and oxygen atoms in total. The molecule has 0 unspecified atom stereocenters. The summed E-state index contributed by atoms with van der Waals surface area (Å²) in [5.41, 5.74) is 1.03. The summed E-state index contributed by atoms with van der Waals surface area (Å²) in [5, 5.41) is 0.531. The van der Waals surface area contributed by atoms with Crippen molar-refractivity contribution in [1.82, 2.24) is 14.5 Å². The highest BCUT2D eigenvalue weighted by Gasteiger charge is 2.25. The molecule has 0 radical (unpaired) electrons. The Labute approximate surface area is 138 Å². The van der Waals surface area contributed by atoms with Crippen molar-refractivity contribution in [2.75, 3.05) is 18.0 Å². The fraction of sp³-hybridized carbons (Fsp3) is 0.278. The van der Waals surface area contributed by atoms with E-state index in [9.17, 15) is 9.18 Å². The van der Waals surface area contributed by atoms with Crippen LogP contribution in [-0.4, -0.2) is 27.6 Å². The van der Waals surface area contributed by atoms with Gasteiger partial charge in [0, 0.05) is 25.8 Å². The van der Waals surface area contributed by atoms with E-state index in [1.165, 1.54) is 6.07 Å². The second-order valence-corrected chi connectivity index (χ2v) is 6.13. The standard InChI is InChI=1S/C18H17FN4O/c19-15-5-1-2-6-16(15)22-9-7-13(10-22)11-23-12-21-17-14(18(23)24)4-3-8-20-17/h1-6,8,12-13H,7,9-11H2/t13-/m0/s1. The van der Waals surface area contributed by atoms with E-state index in [-0.39, 0.29) is 11.4 Å². The molecule has 0 spiro atoms. The Morgan fingerprint density at radius 2 is 2.04 bits per heavy atom. The van der Waals surface area contributed by atoms with Gasteiger partial charge < -0.3 is 4.90 Å². The molecule has 1 aliphatic rings. The van der Waals surface area contributed by atoms with Crippen molar-refractivity contribution in [3.63, 3.8) is 0 Å². The van der Waals surface area contributed by atoms with Gasteiger partial charge in [0.25, 0.3) is 5.56 Å². The molecule has 122 valence electrons. The molecule has 0 saturated carbocycles. The molecule has 2 aromatic heterocycles. The molecule has 1 saturated heterocycles. The molecule has 0 amide bonds. The minimum atomic E-state index is -0.200. The first-order valence-electron chi connectivity index (χ1n) is 8.02. The fourth-order valence-corrected chi connectivity index (χ4v) is 3.32. The molecule has 1 atom stereocenters. The van der Waals surface area contributed by atoms with E-state index in [0.29, 0.717) is 29.2 Å². The van der Waals surface area contributed by atoms with Crippen LogP contribution in [0, 0.1) is 11.7 Å². The van der Waals surface area contributed by atoms with Gasteiger partial charge in [-0.25, -0.2) is 14.4 Å². The predicted molar refractivity (Wildman–Crippen MR) is 90.5 cm³/mol. The molecule has 3 aromatic rings. The second-order valence-electron chi connectivity index (χ2n) is 6.13. The number of pyridine rings is 1. The number of benzene rings is 1. The Balaban J connectivity index is 1.54. The van der Waals surface area contributed by atoms with E-state index in [0.717, 1.165) is 19.5 Å². The summed E-state index contributed by atoms with van der Waals surface area (Å²) in [6, 6.07) is 10.3. The van der Waals surface area contributed by atoms with E-state index >= 15 is 0 Å². The van der Waals surface area contributed by atoms with Gasteiger partial charge in [-0.1, -0.05) is 12.1 Å². The molecule has 24 heavy (non-hydrogen) atoms. The zero-order valence-corrected chi connectivity index (χ0v) is 13.1. The summed E-state index contributed by atoms with van der Waals surface area (Å²) in [6.45, 7) is 2.11. The van der Waals surface area contributed by atoms with E-state index in [1.54, 1.807) is 41.4 Å². The molecule has 4 rings (SSSR count). The van der Waals surface area contributed by atoms with Crippen LogP contribution in [0.5, 0.6) is 0 Å². The first-order valence-corrected chi connectivity index (χ1v) is 8.02. The van der Waals surface area contributed by atoms with Crippen molar-refractivity contribution >= 4 is 16.7 Å². The molecule has 0 bridgehead atoms. The van der Waals surface area contributed by atoms with E-state index in [1.807, 2.05) is 11.0 Å². The largest absolute Gasteiger partial charge is 0.369 e. The Hall–Kier alpha value is -2.76. The normalized spacial score (nSPS) is 17.5. The Morgan fingerprint density at radius 1 is 1.17 bits per heavy atom.